The van der Waals surface area contributed by atoms with Crippen molar-refractivity contribution in [2.45, 2.75) is 36.3 Å². The first-order chi connectivity index (χ1) is 6.67. The van der Waals surface area contributed by atoms with E-state index in [2.05, 4.69) is 38.1 Å². The first-order valence-corrected chi connectivity index (χ1v) is 5.65. The summed E-state index contributed by atoms with van der Waals surface area (Å²) >= 11 is 1.75. The Morgan fingerprint density at radius 2 is 1.86 bits per heavy atom. The number of nitriles is 1. The van der Waals surface area contributed by atoms with Crippen LogP contribution >= 0.6 is 11.8 Å². The molecule has 0 amide bonds. The van der Waals surface area contributed by atoms with Crippen molar-refractivity contribution in [1.82, 2.24) is 0 Å². The van der Waals surface area contributed by atoms with Crippen molar-refractivity contribution in [3.05, 3.63) is 29.3 Å². The summed E-state index contributed by atoms with van der Waals surface area (Å²) in [5.74, 6) is 0. The van der Waals surface area contributed by atoms with Crippen molar-refractivity contribution in [2.75, 3.05) is 0 Å². The van der Waals surface area contributed by atoms with Gasteiger partial charge in [0.05, 0.1) is 6.07 Å². The Labute approximate surface area is 89.1 Å². The van der Waals surface area contributed by atoms with Gasteiger partial charge in [0.25, 0.3) is 0 Å². The lowest BCUT2D eigenvalue weighted by Crippen LogP contribution is -1.98. The summed E-state index contributed by atoms with van der Waals surface area (Å²) in [6.07, 6.45) is 2.09. The van der Waals surface area contributed by atoms with Gasteiger partial charge < -0.3 is 0 Å². The minimum absolute atomic E-state index is 0.100. The predicted molar refractivity (Wildman–Crippen MR) is 59.4 cm³/mol. The molecule has 0 spiro atoms. The smallest absolute Gasteiger partial charge is 0.107 e. The molecule has 0 heterocycles. The Morgan fingerprint density at radius 3 is 2.29 bits per heavy atom. The molecule has 72 valence electrons. The van der Waals surface area contributed by atoms with Crippen LogP contribution in [0.25, 0.3) is 0 Å². The third-order valence-electron chi connectivity index (χ3n) is 2.61. The van der Waals surface area contributed by atoms with Crippen molar-refractivity contribution in [3.8, 4) is 6.07 Å². The van der Waals surface area contributed by atoms with Crippen LogP contribution in [0.4, 0.5) is 0 Å². The van der Waals surface area contributed by atoms with Gasteiger partial charge in [-0.15, -0.1) is 11.8 Å². The lowest BCUT2D eigenvalue weighted by molar-refractivity contribution is 1.15. The molecule has 2 heteroatoms. The third-order valence-corrected chi connectivity index (χ3v) is 4.35. The molecule has 1 fully saturated rings. The SMILES string of the molecule is Cc1cccc(C)c1SC1(C#N)CC1. The summed E-state index contributed by atoms with van der Waals surface area (Å²) in [6, 6.07) is 8.72. The van der Waals surface area contributed by atoms with Crippen LogP contribution in [0.15, 0.2) is 23.1 Å². The van der Waals surface area contributed by atoms with Crippen LogP contribution in [0.1, 0.15) is 24.0 Å². The van der Waals surface area contributed by atoms with Crippen molar-refractivity contribution in [3.63, 3.8) is 0 Å². The molecule has 0 N–H and O–H groups in total. The van der Waals surface area contributed by atoms with Gasteiger partial charge in [0.1, 0.15) is 4.75 Å². The molecular weight excluding hydrogens is 190 g/mol. The number of rotatable bonds is 2. The zero-order valence-corrected chi connectivity index (χ0v) is 9.32. The normalized spacial score (nSPS) is 17.5. The molecule has 1 aliphatic carbocycles. The Balaban J connectivity index is 2.30. The van der Waals surface area contributed by atoms with Crippen LogP contribution in [-0.2, 0) is 0 Å². The number of thioether (sulfide) groups is 1. The Hall–Kier alpha value is -0.940. The molecule has 0 atom stereocenters. The molecule has 0 radical (unpaired) electrons. The van der Waals surface area contributed by atoms with E-state index in [9.17, 15) is 0 Å². The van der Waals surface area contributed by atoms with Crippen molar-refractivity contribution in [2.24, 2.45) is 0 Å². The Bertz CT molecular complexity index is 379. The molecule has 0 unspecified atom stereocenters. The summed E-state index contributed by atoms with van der Waals surface area (Å²) in [6.45, 7) is 4.23. The minimum Gasteiger partial charge on any atom is -0.197 e. The monoisotopic (exact) mass is 203 g/mol. The number of aryl methyl sites for hydroxylation is 2. The van der Waals surface area contributed by atoms with Crippen molar-refractivity contribution < 1.29 is 0 Å². The standard InChI is InChI=1S/C12H13NS/c1-9-4-3-5-10(2)11(9)14-12(8-13)6-7-12/h3-5H,6-7H2,1-2H3. The van der Waals surface area contributed by atoms with Gasteiger partial charge in [0.2, 0.25) is 0 Å². The molecule has 1 aliphatic rings. The number of hydrogen-bond acceptors (Lipinski definition) is 2. The van der Waals surface area contributed by atoms with Crippen LogP contribution < -0.4 is 0 Å². The fourth-order valence-electron chi connectivity index (χ4n) is 1.51. The zero-order valence-electron chi connectivity index (χ0n) is 8.50. The minimum atomic E-state index is -0.100. The van der Waals surface area contributed by atoms with E-state index in [1.54, 1.807) is 11.8 Å². The zero-order chi connectivity index (χ0) is 10.2. The quantitative estimate of drug-likeness (QED) is 0.735. The van der Waals surface area contributed by atoms with Gasteiger partial charge in [-0.1, -0.05) is 18.2 Å². The van der Waals surface area contributed by atoms with E-state index in [4.69, 9.17) is 5.26 Å². The summed E-state index contributed by atoms with van der Waals surface area (Å²) in [7, 11) is 0. The average Bonchev–Trinajstić information content (AvgIpc) is 2.93. The third kappa shape index (κ3) is 1.65. The van der Waals surface area contributed by atoms with Gasteiger partial charge in [-0.3, -0.25) is 0 Å². The second kappa shape index (κ2) is 3.33. The Kier molecular flexibility index (Phi) is 2.28. The maximum absolute atomic E-state index is 9.03. The maximum Gasteiger partial charge on any atom is 0.107 e. The van der Waals surface area contributed by atoms with Crippen molar-refractivity contribution >= 4 is 11.8 Å². The van der Waals surface area contributed by atoms with Crippen LogP contribution in [0.5, 0.6) is 0 Å². The van der Waals surface area contributed by atoms with Gasteiger partial charge in [-0.25, -0.2) is 0 Å². The summed E-state index contributed by atoms with van der Waals surface area (Å²) in [4.78, 5) is 1.30. The van der Waals surface area contributed by atoms with Crippen LogP contribution in [0, 0.1) is 25.2 Å². The molecule has 0 saturated heterocycles. The lowest BCUT2D eigenvalue weighted by Gasteiger charge is -2.11. The predicted octanol–water partition coefficient (Wildman–Crippen LogP) is 3.45. The van der Waals surface area contributed by atoms with Gasteiger partial charge in [0.15, 0.2) is 0 Å². The van der Waals surface area contributed by atoms with Crippen molar-refractivity contribution in [1.29, 1.82) is 5.26 Å². The molecule has 0 aliphatic heterocycles. The fourth-order valence-corrected chi connectivity index (χ4v) is 2.71. The first-order valence-electron chi connectivity index (χ1n) is 4.83. The topological polar surface area (TPSA) is 23.8 Å². The molecule has 1 aromatic carbocycles. The highest BCUT2D eigenvalue weighted by Gasteiger charge is 2.44. The Morgan fingerprint density at radius 1 is 1.29 bits per heavy atom. The van der Waals surface area contributed by atoms with E-state index >= 15 is 0 Å². The highest BCUT2D eigenvalue weighted by atomic mass is 32.2. The summed E-state index contributed by atoms with van der Waals surface area (Å²) in [5, 5.41) is 9.03. The highest BCUT2D eigenvalue weighted by molar-refractivity contribution is 8.01. The van der Waals surface area contributed by atoms with Gasteiger partial charge in [0, 0.05) is 4.90 Å². The van der Waals surface area contributed by atoms with Crippen LogP contribution in [-0.4, -0.2) is 4.75 Å². The molecule has 1 aromatic rings. The molecule has 14 heavy (non-hydrogen) atoms. The van der Waals surface area contributed by atoms with Gasteiger partial charge in [-0.2, -0.15) is 5.26 Å². The second-order valence-electron chi connectivity index (χ2n) is 3.93. The molecule has 0 bridgehead atoms. The molecule has 1 saturated carbocycles. The summed E-state index contributed by atoms with van der Waals surface area (Å²) < 4.78 is -0.100. The van der Waals surface area contributed by atoms with E-state index in [1.807, 2.05) is 0 Å². The lowest BCUT2D eigenvalue weighted by atomic mass is 10.2. The van der Waals surface area contributed by atoms with E-state index in [1.165, 1.54) is 16.0 Å². The average molecular weight is 203 g/mol. The van der Waals surface area contributed by atoms with E-state index in [0.29, 0.717) is 0 Å². The number of nitrogens with zero attached hydrogens (tertiary/aromatic N) is 1. The molecule has 1 nitrogen and oxygen atoms in total. The fraction of sp³-hybridized carbons (Fsp3) is 0.417. The highest BCUT2D eigenvalue weighted by Crippen LogP contribution is 2.52. The van der Waals surface area contributed by atoms with Gasteiger partial charge >= 0.3 is 0 Å². The second-order valence-corrected chi connectivity index (χ2v) is 5.32. The maximum atomic E-state index is 9.03. The number of benzene rings is 1. The molecule has 2 rings (SSSR count). The van der Waals surface area contributed by atoms with E-state index in [-0.39, 0.29) is 4.75 Å². The van der Waals surface area contributed by atoms with E-state index < -0.39 is 0 Å². The van der Waals surface area contributed by atoms with Gasteiger partial charge in [-0.05, 0) is 37.8 Å². The number of hydrogen-bond donors (Lipinski definition) is 0. The first kappa shape index (κ1) is 9.61. The van der Waals surface area contributed by atoms with Crippen LogP contribution in [0.2, 0.25) is 0 Å². The van der Waals surface area contributed by atoms with E-state index in [0.717, 1.165) is 12.8 Å². The summed E-state index contributed by atoms with van der Waals surface area (Å²) in [5.41, 5.74) is 2.58. The molecule has 0 aromatic heterocycles. The molecular formula is C12H13NS. The largest absolute Gasteiger partial charge is 0.197 e. The van der Waals surface area contributed by atoms with Crippen LogP contribution in [0.3, 0.4) is 0 Å².